The molecule has 17 N–H and O–H groups in total. The zero-order chi connectivity index (χ0) is 62.1. The lowest BCUT2D eigenvalue weighted by Crippen LogP contribution is -2.64. The summed E-state index contributed by atoms with van der Waals surface area (Å²) >= 11 is 0. The highest BCUT2D eigenvalue weighted by Gasteiger charge is 2.46. The Morgan fingerprint density at radius 3 is 1.00 bits per heavy atom. The number of ether oxygens (including phenoxy) is 7. The van der Waals surface area contributed by atoms with Gasteiger partial charge in [0, 0.05) is 111 Å². The summed E-state index contributed by atoms with van der Waals surface area (Å²) in [4.78, 5) is 97.4. The Bertz CT molecular complexity index is 1810. The van der Waals surface area contributed by atoms with Crippen LogP contribution in [0.5, 0.6) is 0 Å². The van der Waals surface area contributed by atoms with E-state index in [2.05, 4.69) is 42.5 Å². The molecule has 0 aromatic heterocycles. The number of aliphatic hydroxyl groups is 7. The third-order valence-electron chi connectivity index (χ3n) is 13.1. The summed E-state index contributed by atoms with van der Waals surface area (Å²) in [5.41, 5.74) is 5.40. The predicted molar refractivity (Wildman–Crippen MR) is 296 cm³/mol. The Balaban J connectivity index is 1.69. The topological polar surface area (TPSA) is 465 Å². The normalized spacial score (nSPS) is 22.3. The van der Waals surface area contributed by atoms with E-state index >= 15 is 0 Å². The van der Waals surface area contributed by atoms with Gasteiger partial charge in [0.15, 0.2) is 12.6 Å². The molecule has 8 amide bonds. The fourth-order valence-electron chi connectivity index (χ4n) is 8.41. The average molecular weight is 1210 g/mol. The van der Waals surface area contributed by atoms with Crippen molar-refractivity contribution in [1.82, 2.24) is 42.5 Å². The first-order valence-corrected chi connectivity index (χ1v) is 29.0. The Kier molecular flexibility index (Phi) is 39.9. The number of nitrogens with two attached hydrogens (primary N) is 1. The van der Waals surface area contributed by atoms with E-state index < -0.39 is 91.9 Å². The summed E-state index contributed by atoms with van der Waals surface area (Å²) in [6.07, 6.45) is -5.19. The number of hydrogen-bond acceptors (Lipinski definition) is 23. The number of hydrogen-bond donors (Lipinski definition) is 16. The maximum absolute atomic E-state index is 12.6. The molecular formula is C53H97N9O22. The molecule has 31 heteroatoms. The number of amides is 8. The van der Waals surface area contributed by atoms with Crippen molar-refractivity contribution in [3.63, 3.8) is 0 Å². The second-order valence-corrected chi connectivity index (χ2v) is 20.6. The van der Waals surface area contributed by atoms with Crippen molar-refractivity contribution in [2.24, 2.45) is 5.73 Å². The van der Waals surface area contributed by atoms with Gasteiger partial charge in [-0.15, -0.1) is 0 Å². The molecule has 2 heterocycles. The van der Waals surface area contributed by atoms with Crippen LogP contribution in [0.1, 0.15) is 110 Å². The largest absolute Gasteiger partial charge is 0.396 e. The number of aliphatic hydroxyl groups excluding tert-OH is 7. The van der Waals surface area contributed by atoms with Crippen LogP contribution in [0.25, 0.3) is 0 Å². The molecule has 2 saturated heterocycles. The van der Waals surface area contributed by atoms with E-state index in [9.17, 15) is 69.0 Å². The number of nitrogens with one attached hydrogen (secondary N) is 8. The number of carbonyl (C=O) groups excluding carboxylic acids is 8. The van der Waals surface area contributed by atoms with Gasteiger partial charge >= 0.3 is 0 Å². The van der Waals surface area contributed by atoms with Crippen molar-refractivity contribution in [3.05, 3.63) is 0 Å². The van der Waals surface area contributed by atoms with Gasteiger partial charge in [-0.05, 0) is 57.8 Å². The SMILES string of the molecule is CC(=O)N[C@H]1[C@H](OCCCCC(=O)NCCCNC(=O)CCOCC(N)(COCCC(=O)NCCCNC(=O)CCCCO)COCCC(=O)NCCCNC(=O)CCCCO[C@@H]2O[C@H](CO)[C@H](O)[C@H](O)[C@H]2NC(C)=O)O[C@H](CO)[C@H](O)[C@@H]1O. The lowest BCUT2D eigenvalue weighted by Gasteiger charge is -2.42. The average Bonchev–Trinajstić information content (AvgIpc) is 3.47. The van der Waals surface area contributed by atoms with Gasteiger partial charge in [-0.25, -0.2) is 0 Å². The lowest BCUT2D eigenvalue weighted by atomic mass is 9.97. The molecule has 0 bridgehead atoms. The second kappa shape index (κ2) is 44.6. The minimum absolute atomic E-state index is 0.00881. The summed E-state index contributed by atoms with van der Waals surface area (Å²) in [5.74, 6) is -2.38. The molecule has 2 rings (SSSR count). The molecule has 2 aliphatic heterocycles. The number of unbranched alkanes of at least 4 members (excludes halogenated alkanes) is 3. The summed E-state index contributed by atoms with van der Waals surface area (Å²) in [6.45, 7) is 3.14. The van der Waals surface area contributed by atoms with E-state index in [1.807, 2.05) is 0 Å². The van der Waals surface area contributed by atoms with Crippen LogP contribution in [0.15, 0.2) is 0 Å². The van der Waals surface area contributed by atoms with Crippen LogP contribution in [0, 0.1) is 0 Å². The number of carbonyl (C=O) groups is 8. The van der Waals surface area contributed by atoms with Crippen molar-refractivity contribution in [2.75, 3.05) is 112 Å². The van der Waals surface area contributed by atoms with Gasteiger partial charge in [0.2, 0.25) is 47.3 Å². The van der Waals surface area contributed by atoms with Crippen LogP contribution in [0.3, 0.4) is 0 Å². The van der Waals surface area contributed by atoms with Crippen LogP contribution in [0.4, 0.5) is 0 Å². The third-order valence-corrected chi connectivity index (χ3v) is 13.1. The van der Waals surface area contributed by atoms with Crippen LogP contribution < -0.4 is 48.3 Å². The highest BCUT2D eigenvalue weighted by molar-refractivity contribution is 5.78. The third kappa shape index (κ3) is 33.2. The van der Waals surface area contributed by atoms with Crippen molar-refractivity contribution in [2.45, 2.75) is 177 Å². The molecule has 2 fully saturated rings. The van der Waals surface area contributed by atoms with E-state index in [0.717, 1.165) is 0 Å². The van der Waals surface area contributed by atoms with Crippen LogP contribution in [-0.4, -0.2) is 262 Å². The molecule has 0 aromatic carbocycles. The maximum Gasteiger partial charge on any atom is 0.222 e. The standard InChI is InChI=1S/C53H97N9O22/c1-35(66)61-45-49(76)47(74)37(30-64)83-51(45)81-25-7-4-13-40(69)56-19-10-22-59-43(72)16-28-79-33-53(54,32-78-27-15-42(71)58-21-9-18-55-39(68)12-3-6-24-63)34-80-29-17-44(73)60-23-11-20-57-41(70)14-5-8-26-82-52-46(62-36(2)67)50(77)48(75)38(31-65)84-52/h37-38,45-52,63-65,74-77H,3-34,54H2,1-2H3,(H,55,68)(H,56,69)(H,57,70)(H,58,71)(H,59,72)(H,60,73)(H,61,66)(H,62,67)/t37-,38-,45-,46-,47+,48+,49-,50-,51-,52-/m1/s1. The molecule has 31 nitrogen and oxygen atoms in total. The molecule has 2 aliphatic rings. The Labute approximate surface area is 490 Å². The van der Waals surface area contributed by atoms with Gasteiger partial charge < -0.3 is 117 Å². The van der Waals surface area contributed by atoms with E-state index in [0.29, 0.717) is 90.4 Å². The minimum Gasteiger partial charge on any atom is -0.396 e. The van der Waals surface area contributed by atoms with Crippen LogP contribution in [-0.2, 0) is 71.5 Å². The molecule has 0 aliphatic carbocycles. The van der Waals surface area contributed by atoms with Gasteiger partial charge in [-0.1, -0.05) is 0 Å². The van der Waals surface area contributed by atoms with Gasteiger partial charge in [-0.3, -0.25) is 38.4 Å². The zero-order valence-electron chi connectivity index (χ0n) is 48.7. The first-order chi connectivity index (χ1) is 40.2. The molecule has 0 saturated carbocycles. The fraction of sp³-hybridized carbons (Fsp3) is 0.849. The van der Waals surface area contributed by atoms with Crippen molar-refractivity contribution in [1.29, 1.82) is 0 Å². The Morgan fingerprint density at radius 2 is 0.714 bits per heavy atom. The van der Waals surface area contributed by atoms with Crippen LogP contribution in [0.2, 0.25) is 0 Å². The Morgan fingerprint density at radius 1 is 0.417 bits per heavy atom. The van der Waals surface area contributed by atoms with Gasteiger partial charge in [0.25, 0.3) is 0 Å². The number of rotatable bonds is 47. The molecule has 0 aromatic rings. The highest BCUT2D eigenvalue weighted by atomic mass is 16.7. The van der Waals surface area contributed by atoms with Crippen molar-refractivity contribution in [3.8, 4) is 0 Å². The molecule has 486 valence electrons. The summed E-state index contributed by atoms with van der Waals surface area (Å²) in [5, 5.41) is 90.5. The second-order valence-electron chi connectivity index (χ2n) is 20.6. The summed E-state index contributed by atoms with van der Waals surface area (Å²) in [7, 11) is 0. The first-order valence-electron chi connectivity index (χ1n) is 29.0. The van der Waals surface area contributed by atoms with Crippen molar-refractivity contribution >= 4 is 47.3 Å². The first kappa shape index (κ1) is 75.3. The highest BCUT2D eigenvalue weighted by Crippen LogP contribution is 2.24. The summed E-state index contributed by atoms with van der Waals surface area (Å²) in [6, 6.07) is -2.12. The molecule has 0 radical (unpaired) electrons. The molecule has 0 spiro atoms. The van der Waals surface area contributed by atoms with E-state index in [4.69, 9.17) is 44.0 Å². The smallest absolute Gasteiger partial charge is 0.222 e. The molecule has 0 unspecified atom stereocenters. The van der Waals surface area contributed by atoms with Gasteiger partial charge in [0.1, 0.15) is 48.7 Å². The van der Waals surface area contributed by atoms with Gasteiger partial charge in [-0.2, -0.15) is 0 Å². The predicted octanol–water partition coefficient (Wildman–Crippen LogP) is -5.80. The maximum atomic E-state index is 12.6. The molecular weight excluding hydrogens is 1110 g/mol. The van der Waals surface area contributed by atoms with E-state index in [-0.39, 0.29) is 140 Å². The monoisotopic (exact) mass is 1210 g/mol. The van der Waals surface area contributed by atoms with Gasteiger partial charge in [0.05, 0.1) is 58.4 Å². The minimum atomic E-state index is -1.43. The Hall–Kier alpha value is -4.84. The molecule has 10 atom stereocenters. The quantitative estimate of drug-likeness (QED) is 0.0252. The van der Waals surface area contributed by atoms with Crippen LogP contribution >= 0.6 is 0 Å². The zero-order valence-corrected chi connectivity index (χ0v) is 48.7. The van der Waals surface area contributed by atoms with Crippen molar-refractivity contribution < 1.29 is 107 Å². The summed E-state index contributed by atoms with van der Waals surface area (Å²) < 4.78 is 39.7. The fourth-order valence-corrected chi connectivity index (χ4v) is 8.41. The van der Waals surface area contributed by atoms with E-state index in [1.54, 1.807) is 0 Å². The lowest BCUT2D eigenvalue weighted by molar-refractivity contribution is -0.270. The van der Waals surface area contributed by atoms with E-state index in [1.165, 1.54) is 13.8 Å². The molecule has 84 heavy (non-hydrogen) atoms.